The molecule has 2 rings (SSSR count). The minimum absolute atomic E-state index is 0.0613. The maximum atomic E-state index is 11.6. The van der Waals surface area contributed by atoms with Gasteiger partial charge in [-0.3, -0.25) is 4.79 Å². The zero-order valence-corrected chi connectivity index (χ0v) is 10.0. The van der Waals surface area contributed by atoms with Gasteiger partial charge in [0.25, 0.3) is 0 Å². The van der Waals surface area contributed by atoms with Crippen molar-refractivity contribution in [1.82, 2.24) is 10.6 Å². The third-order valence-corrected chi connectivity index (χ3v) is 2.89. The molecule has 1 heterocycles. The van der Waals surface area contributed by atoms with E-state index in [9.17, 15) is 4.79 Å². The summed E-state index contributed by atoms with van der Waals surface area (Å²) in [5.41, 5.74) is 2.65. The van der Waals surface area contributed by atoms with Gasteiger partial charge in [-0.1, -0.05) is 0 Å². The molecule has 1 aliphatic rings. The molecule has 0 aliphatic carbocycles. The molecule has 0 spiro atoms. The molecule has 16 heavy (non-hydrogen) atoms. The summed E-state index contributed by atoms with van der Waals surface area (Å²) in [6.45, 7) is 3.45. The van der Waals surface area contributed by atoms with Crippen LogP contribution in [0.3, 0.4) is 0 Å². The normalized spacial score (nSPS) is 20.4. The fourth-order valence-electron chi connectivity index (χ4n) is 1.99. The fraction of sp³-hybridized carbons (Fsp3) is 0.250. The molecule has 1 aromatic carbocycles. The van der Waals surface area contributed by atoms with E-state index < -0.39 is 0 Å². The van der Waals surface area contributed by atoms with Crippen molar-refractivity contribution in [3.8, 4) is 0 Å². The summed E-state index contributed by atoms with van der Waals surface area (Å²) in [6, 6.07) is 7.76. The van der Waals surface area contributed by atoms with E-state index in [1.54, 1.807) is 6.92 Å². The number of Topliss-reactive ketones (excluding diaryl/α,β-unsaturated/α-hetero) is 1. The molecule has 3 nitrogen and oxygen atoms in total. The molecule has 0 saturated heterocycles. The molecule has 0 radical (unpaired) electrons. The van der Waals surface area contributed by atoms with Gasteiger partial charge in [0.2, 0.25) is 0 Å². The van der Waals surface area contributed by atoms with Crippen LogP contribution in [-0.2, 0) is 4.79 Å². The molecule has 0 aromatic heterocycles. The van der Waals surface area contributed by atoms with Gasteiger partial charge in [-0.15, -0.1) is 0 Å². The predicted octanol–water partition coefficient (Wildman–Crippen LogP) is 1.79. The van der Waals surface area contributed by atoms with Crippen LogP contribution in [-0.4, -0.2) is 10.9 Å². The van der Waals surface area contributed by atoms with E-state index >= 15 is 0 Å². The van der Waals surface area contributed by atoms with Gasteiger partial charge in [0.05, 0.1) is 0 Å². The van der Waals surface area contributed by atoms with E-state index in [0.717, 1.165) is 16.8 Å². The van der Waals surface area contributed by atoms with Crippen molar-refractivity contribution in [1.29, 1.82) is 0 Å². The fourth-order valence-corrected chi connectivity index (χ4v) is 2.26. The van der Waals surface area contributed by atoms with Gasteiger partial charge in [0.15, 0.2) is 10.9 Å². The molecule has 0 amide bonds. The van der Waals surface area contributed by atoms with Crippen LogP contribution in [0.1, 0.15) is 25.5 Å². The van der Waals surface area contributed by atoms with Crippen LogP contribution in [0, 0.1) is 0 Å². The number of nitrogens with one attached hydrogen (secondary N) is 2. The maximum Gasteiger partial charge on any atom is 0.170 e. The second-order valence-corrected chi connectivity index (χ2v) is 4.25. The number of carbonyl (C=O) groups is 1. The Morgan fingerprint density at radius 2 is 2.31 bits per heavy atom. The summed E-state index contributed by atoms with van der Waals surface area (Å²) < 4.78 is 0. The lowest BCUT2D eigenvalue weighted by atomic mass is 9.95. The van der Waals surface area contributed by atoms with Crippen LogP contribution >= 0.6 is 12.2 Å². The number of carbonyl (C=O) groups excluding carboxylic acids is 1. The van der Waals surface area contributed by atoms with Gasteiger partial charge < -0.3 is 10.6 Å². The molecule has 0 fully saturated rings. The summed E-state index contributed by atoms with van der Waals surface area (Å²) in [4.78, 5) is 11.6. The lowest BCUT2D eigenvalue weighted by Crippen LogP contribution is -2.44. The van der Waals surface area contributed by atoms with E-state index in [1.807, 2.05) is 31.2 Å². The molecular weight excluding hydrogens is 220 g/mol. The lowest BCUT2D eigenvalue weighted by molar-refractivity contribution is -0.114. The second kappa shape index (κ2) is 4.14. The Morgan fingerprint density at radius 1 is 1.56 bits per heavy atom. The Kier molecular flexibility index (Phi) is 2.83. The highest BCUT2D eigenvalue weighted by Crippen LogP contribution is 2.27. The second-order valence-electron chi connectivity index (χ2n) is 3.84. The highest BCUT2D eigenvalue weighted by atomic mass is 32.1. The zero-order valence-electron chi connectivity index (χ0n) is 9.20. The van der Waals surface area contributed by atoms with E-state index in [-0.39, 0.29) is 11.8 Å². The molecule has 4 heteroatoms. The van der Waals surface area contributed by atoms with Crippen LogP contribution in [0.4, 0.5) is 0 Å². The highest BCUT2D eigenvalue weighted by molar-refractivity contribution is 7.80. The van der Waals surface area contributed by atoms with Crippen molar-refractivity contribution in [3.05, 3.63) is 41.1 Å². The molecule has 84 valence electrons. The molecule has 1 unspecified atom stereocenters. The molecule has 1 aliphatic heterocycles. The molecular formula is C12H13N2OS-. The number of thiocarbonyl (C=S) groups is 1. The van der Waals surface area contributed by atoms with Crippen LogP contribution in [0.15, 0.2) is 35.5 Å². The number of hydrogen-bond donors (Lipinski definition) is 2. The Bertz CT molecular complexity index is 459. The van der Waals surface area contributed by atoms with Crippen molar-refractivity contribution in [2.24, 2.45) is 0 Å². The smallest absolute Gasteiger partial charge is 0.170 e. The standard InChI is InChI=1S/C12H13N2OS/c1-7-10(8(2)15)11(14-12(16)13-7)9-5-3-4-6-9/h3-6,11H,1-2H3,(H2,13,14,16)/q-1. The minimum Gasteiger partial charge on any atom is -0.363 e. The average Bonchev–Trinajstić information content (AvgIpc) is 2.67. The minimum atomic E-state index is -0.124. The van der Waals surface area contributed by atoms with Crippen LogP contribution < -0.4 is 10.6 Å². The van der Waals surface area contributed by atoms with Gasteiger partial charge in [-0.25, -0.2) is 6.07 Å². The van der Waals surface area contributed by atoms with Crippen LogP contribution in [0.2, 0.25) is 0 Å². The van der Waals surface area contributed by atoms with Gasteiger partial charge in [-0.05, 0) is 26.1 Å². The molecule has 1 atom stereocenters. The molecule has 0 bridgehead atoms. The van der Waals surface area contributed by atoms with Gasteiger partial charge in [0, 0.05) is 17.3 Å². The first-order valence-corrected chi connectivity index (χ1v) is 5.51. The van der Waals surface area contributed by atoms with Crippen molar-refractivity contribution in [2.75, 3.05) is 0 Å². The summed E-state index contributed by atoms with van der Waals surface area (Å²) in [5, 5.41) is 6.67. The van der Waals surface area contributed by atoms with Gasteiger partial charge in [-0.2, -0.15) is 23.8 Å². The zero-order chi connectivity index (χ0) is 11.7. The first-order valence-electron chi connectivity index (χ1n) is 5.10. The lowest BCUT2D eigenvalue weighted by Gasteiger charge is -2.32. The first kappa shape index (κ1) is 11.0. The monoisotopic (exact) mass is 233 g/mol. The van der Waals surface area contributed by atoms with E-state index in [2.05, 4.69) is 10.6 Å². The molecule has 2 N–H and O–H groups in total. The Balaban J connectivity index is 2.46. The maximum absolute atomic E-state index is 11.6. The van der Waals surface area contributed by atoms with Crippen molar-refractivity contribution < 1.29 is 4.79 Å². The Labute approximate surface area is 99.9 Å². The highest BCUT2D eigenvalue weighted by Gasteiger charge is 2.23. The van der Waals surface area contributed by atoms with Gasteiger partial charge >= 0.3 is 0 Å². The molecule has 1 aromatic rings. The van der Waals surface area contributed by atoms with E-state index in [0.29, 0.717) is 5.11 Å². The summed E-state index contributed by atoms with van der Waals surface area (Å²) in [7, 11) is 0. The number of allylic oxidation sites excluding steroid dienone is 1. The summed E-state index contributed by atoms with van der Waals surface area (Å²) in [6.07, 6.45) is 0. The number of hydrogen-bond acceptors (Lipinski definition) is 2. The topological polar surface area (TPSA) is 41.1 Å². The summed E-state index contributed by atoms with van der Waals surface area (Å²) >= 11 is 5.11. The van der Waals surface area contributed by atoms with Crippen molar-refractivity contribution >= 4 is 23.1 Å². The van der Waals surface area contributed by atoms with Crippen LogP contribution in [0.25, 0.3) is 0 Å². The van der Waals surface area contributed by atoms with Crippen molar-refractivity contribution in [3.63, 3.8) is 0 Å². The van der Waals surface area contributed by atoms with E-state index in [1.165, 1.54) is 0 Å². The first-order chi connectivity index (χ1) is 7.59. The van der Waals surface area contributed by atoms with Gasteiger partial charge in [0.1, 0.15) is 0 Å². The average molecular weight is 233 g/mol. The quantitative estimate of drug-likeness (QED) is 0.603. The SMILES string of the molecule is CC(=O)C1=C(C)NC(=S)NC1c1cc[cH-]c1. The number of ketones is 1. The third-order valence-electron chi connectivity index (χ3n) is 2.67. The molecule has 0 saturated carbocycles. The Hall–Kier alpha value is -1.55. The largest absolute Gasteiger partial charge is 0.363 e. The van der Waals surface area contributed by atoms with E-state index in [4.69, 9.17) is 12.2 Å². The van der Waals surface area contributed by atoms with Crippen molar-refractivity contribution in [2.45, 2.75) is 19.9 Å². The third kappa shape index (κ3) is 1.88. The number of rotatable bonds is 2. The van der Waals surface area contributed by atoms with Crippen LogP contribution in [0.5, 0.6) is 0 Å². The Morgan fingerprint density at radius 3 is 2.88 bits per heavy atom. The predicted molar refractivity (Wildman–Crippen MR) is 67.0 cm³/mol. The summed E-state index contributed by atoms with van der Waals surface area (Å²) in [5.74, 6) is 0.0613.